The molecule has 0 unspecified atom stereocenters. The number of ether oxygens (including phenoxy) is 7. The van der Waals surface area contributed by atoms with Gasteiger partial charge in [0, 0.05) is 47.9 Å². The number of carbonyl (C=O) groups is 2. The number of carbonyl (C=O) groups excluding carboxylic acids is 8. The summed E-state index contributed by atoms with van der Waals surface area (Å²) in [5.74, 6) is 5.68. The van der Waals surface area contributed by atoms with Gasteiger partial charge in [0.2, 0.25) is 0 Å². The number of alkyl halides is 14. The smallest absolute Gasteiger partial charge is 0.416 e. The molecular weight excluding hydrogens is 1890 g/mol. The maximum Gasteiger partial charge on any atom is 0.416 e. The first-order valence-electron chi connectivity index (χ1n) is 41.4. The van der Waals surface area contributed by atoms with E-state index in [4.69, 9.17) is 99.9 Å². The Hall–Kier alpha value is -8.96. The van der Waals surface area contributed by atoms with Crippen LogP contribution in [0.25, 0.3) is 0 Å². The van der Waals surface area contributed by atoms with Crippen LogP contribution in [0.4, 0.5) is 52.7 Å². The van der Waals surface area contributed by atoms with E-state index in [1.807, 2.05) is 57.2 Å². The Morgan fingerprint density at radius 3 is 1.02 bits per heavy atom. The average Bonchev–Trinajstić information content (AvgIpc) is 1.63. The molecular formula is C94H114Cl2F12O21S4. The van der Waals surface area contributed by atoms with E-state index in [0.717, 1.165) is 220 Å². The minimum atomic E-state index is -4.33. The summed E-state index contributed by atoms with van der Waals surface area (Å²) < 4.78 is 212. The molecule has 0 heterocycles. The topological polar surface area (TPSA) is 305 Å². The van der Waals surface area contributed by atoms with E-state index in [9.17, 15) is 70.7 Å². The molecule has 6 aliphatic rings. The van der Waals surface area contributed by atoms with Crippen LogP contribution in [0.5, 0.6) is 40.2 Å². The molecule has 738 valence electrons. The number of aryl methyl sites for hydroxylation is 3. The lowest BCUT2D eigenvalue weighted by atomic mass is 10.1. The summed E-state index contributed by atoms with van der Waals surface area (Å²) >= 11 is 17.3. The number of thioether (sulfide) groups is 2. The molecule has 6 fully saturated rings. The predicted octanol–water partition coefficient (Wildman–Crippen LogP) is 23.2. The van der Waals surface area contributed by atoms with Crippen molar-refractivity contribution < 1.29 is 152 Å². The Labute approximate surface area is 791 Å². The van der Waals surface area contributed by atoms with E-state index in [1.54, 1.807) is 30.6 Å². The molecule has 0 saturated heterocycles. The molecule has 0 atom stereocenters. The number of ketones is 1. The third-order valence-electron chi connectivity index (χ3n) is 21.2. The largest absolute Gasteiger partial charge is 0.508 e. The zero-order valence-corrected chi connectivity index (χ0v) is 80.3. The molecule has 21 nitrogen and oxygen atoms in total. The number of Topliss-reactive ketones (excluding diaryl/α,β-unsaturated/α-hetero) is 1. The Balaban J connectivity index is 0.000000524. The standard InChI is InChI=1S/C22H25F3O2S.C20H21F3O2S.C13H15F3O.C10H12O2S.C7H5F3O.C7H14O3S.C6H10O2.C5H10O2.CH2Cl2.3CO2/c1-3-12-26-20-9-8-19(13-16(20)2)28-15-21(10-11-21)14-27-18-6-4-17(5-7-18)22(23,24)25;1-14-11-17(7-8-18(14)24-2)26-13-19(9-10-19)12-25-16-5-3-15(4-6-16)20(21,22)23;1-2-12(7-8-12)9-17-11-5-3-10(4-6-11)13(14,15)16;1-7-5-9(13)3-4-10(7)12-6-8(2)11;8-7(9,10)5-1-3-6(11)4-2-5;1-3-7(4-5-7)6-10-11(2,8)9;1-6(3-4-6)5(7)8-2;6-3-5(4-7)1-2-5;4*2-1-3/h4-9,13H,3,10-12,14-15H2,1-2H3;3-8,11H,9-10,12-13H2,1-2H3;3-6H,2,7-9H2,1H3;3-5,13H,6H2,1-2H3;1-4,11H;3-6H2,1-2H3;3-4H2,1-2H3;6-7H,1-4H2;1H2;;;. The van der Waals surface area contributed by atoms with E-state index in [0.29, 0.717) is 43.7 Å². The van der Waals surface area contributed by atoms with Crippen LogP contribution in [0, 0.1) is 53.3 Å². The molecule has 0 aromatic heterocycles. The highest BCUT2D eigenvalue weighted by Crippen LogP contribution is 2.53. The second-order valence-electron chi connectivity index (χ2n) is 32.3. The summed E-state index contributed by atoms with van der Waals surface area (Å²) in [5.41, 5.74) is 1.06. The van der Waals surface area contributed by atoms with Gasteiger partial charge in [0.05, 0.1) is 99.7 Å². The van der Waals surface area contributed by atoms with Crippen LogP contribution < -0.4 is 28.4 Å². The number of aromatic hydroxyl groups is 1. The molecule has 7 aromatic rings. The van der Waals surface area contributed by atoms with Crippen molar-refractivity contribution in [3.63, 3.8) is 0 Å². The Morgan fingerprint density at radius 2 is 0.767 bits per heavy atom. The van der Waals surface area contributed by atoms with Gasteiger partial charge in [0.25, 0.3) is 10.1 Å². The highest BCUT2D eigenvalue weighted by Gasteiger charge is 2.48. The molecule has 3 N–H and O–H groups in total. The number of methoxy groups -OCH3 is 2. The fraction of sp³-hybridized carbons (Fsp3) is 0.500. The van der Waals surface area contributed by atoms with E-state index in [-0.39, 0.29) is 93.6 Å². The molecule has 0 aliphatic heterocycles. The van der Waals surface area contributed by atoms with E-state index < -0.39 is 57.1 Å². The van der Waals surface area contributed by atoms with E-state index in [1.165, 1.54) is 60.2 Å². The molecule has 13 rings (SSSR count). The summed E-state index contributed by atoms with van der Waals surface area (Å²) in [5, 5.41) is 25.8. The van der Waals surface area contributed by atoms with Gasteiger partial charge in [-0.1, -0.05) is 20.8 Å². The van der Waals surface area contributed by atoms with Gasteiger partial charge in [0.1, 0.15) is 46.9 Å². The number of phenolic OH excluding ortho intramolecular Hbond substituents is 1. The van der Waals surface area contributed by atoms with Gasteiger partial charge in [-0.15, -0.1) is 59.4 Å². The van der Waals surface area contributed by atoms with Gasteiger partial charge in [-0.3, -0.25) is 13.8 Å². The van der Waals surface area contributed by atoms with Crippen LogP contribution in [-0.2, 0) is 82.1 Å². The van der Waals surface area contributed by atoms with Crippen molar-refractivity contribution >= 4 is 99.7 Å². The molecule has 0 bridgehead atoms. The average molecular weight is 2010 g/mol. The lowest BCUT2D eigenvalue weighted by Gasteiger charge is -2.17. The number of rotatable bonds is 30. The Kier molecular flexibility index (Phi) is 52.2. The predicted molar refractivity (Wildman–Crippen MR) is 480 cm³/mol. The lowest BCUT2D eigenvalue weighted by Crippen LogP contribution is -2.16. The van der Waals surface area contributed by atoms with Crippen LogP contribution in [0.3, 0.4) is 0 Å². The first-order chi connectivity index (χ1) is 62.3. The number of aliphatic hydroxyl groups is 2. The fourth-order valence-corrected chi connectivity index (χ4v) is 14.3. The summed E-state index contributed by atoms with van der Waals surface area (Å²) in [6.45, 7) is 18.9. The van der Waals surface area contributed by atoms with Crippen LogP contribution >= 0.6 is 59.4 Å². The number of thiol groups is 1. The van der Waals surface area contributed by atoms with Gasteiger partial charge in [-0.05, 0) is 305 Å². The lowest BCUT2D eigenvalue weighted by molar-refractivity contribution is -0.193. The number of halogens is 14. The van der Waals surface area contributed by atoms with Crippen molar-refractivity contribution in [1.82, 2.24) is 0 Å². The Bertz CT molecular complexity index is 4800. The van der Waals surface area contributed by atoms with Gasteiger partial charge < -0.3 is 48.5 Å². The zero-order valence-electron chi connectivity index (χ0n) is 75.5. The number of aliphatic hydroxyl groups excluding tert-OH is 2. The van der Waals surface area contributed by atoms with Crippen LogP contribution in [-0.4, -0.2) is 144 Å². The van der Waals surface area contributed by atoms with Crippen molar-refractivity contribution in [2.75, 3.05) is 90.2 Å². The fourth-order valence-electron chi connectivity index (χ4n) is 11.0. The third-order valence-corrected chi connectivity index (χ3v) is 24.8. The molecule has 6 aliphatic carbocycles. The van der Waals surface area contributed by atoms with Crippen LogP contribution in [0.2, 0.25) is 0 Å². The van der Waals surface area contributed by atoms with Crippen LogP contribution in [0.15, 0.2) is 166 Å². The molecule has 7 aromatic carbocycles. The summed E-state index contributed by atoms with van der Waals surface area (Å²) in [7, 11) is -0.131. The number of phenols is 1. The highest BCUT2D eigenvalue weighted by atomic mass is 35.5. The van der Waals surface area contributed by atoms with Crippen molar-refractivity contribution in [1.29, 1.82) is 0 Å². The summed E-state index contributed by atoms with van der Waals surface area (Å²) in [4.78, 5) is 73.4. The second-order valence-corrected chi connectivity index (χ2v) is 37.4. The highest BCUT2D eigenvalue weighted by molar-refractivity contribution is 7.99. The zero-order chi connectivity index (χ0) is 101. The van der Waals surface area contributed by atoms with Gasteiger partial charge in [-0.2, -0.15) is 89.9 Å². The van der Waals surface area contributed by atoms with Gasteiger partial charge in [-0.25, -0.2) is 0 Å². The third kappa shape index (κ3) is 48.9. The molecule has 6 saturated carbocycles. The minimum absolute atomic E-state index is 0.0225. The monoisotopic (exact) mass is 2000 g/mol. The van der Waals surface area contributed by atoms with Crippen molar-refractivity contribution in [3.05, 3.63) is 191 Å². The molecule has 0 spiro atoms. The second kappa shape index (κ2) is 57.8. The van der Waals surface area contributed by atoms with Gasteiger partial charge >= 0.3 is 49.1 Å². The maximum atomic E-state index is 12.6. The van der Waals surface area contributed by atoms with E-state index in [2.05, 4.69) is 63.3 Å². The maximum absolute atomic E-state index is 12.6. The summed E-state index contributed by atoms with van der Waals surface area (Å²) in [6, 6.07) is 36.3. The molecule has 133 heavy (non-hydrogen) atoms. The number of hydrogen-bond acceptors (Lipinski definition) is 24. The van der Waals surface area contributed by atoms with Crippen molar-refractivity contribution in [2.24, 2.45) is 32.5 Å². The van der Waals surface area contributed by atoms with Crippen molar-refractivity contribution in [2.45, 2.75) is 191 Å². The minimum Gasteiger partial charge on any atom is -0.508 e. The number of benzene rings is 7. The van der Waals surface area contributed by atoms with Gasteiger partial charge in [0.15, 0.2) is 5.78 Å². The van der Waals surface area contributed by atoms with Crippen molar-refractivity contribution in [3.8, 4) is 40.2 Å². The first-order valence-corrected chi connectivity index (χ1v) is 46.7. The summed E-state index contributed by atoms with van der Waals surface area (Å²) in [6.07, 6.45) is 0.525. The van der Waals surface area contributed by atoms with E-state index >= 15 is 0 Å². The number of hydrogen-bond donors (Lipinski definition) is 4. The normalized spacial score (nSPS) is 15.2. The molecule has 0 amide bonds. The quantitative estimate of drug-likeness (QED) is 0.00812. The molecule has 0 radical (unpaired) electrons. The van der Waals surface area contributed by atoms with Crippen LogP contribution in [0.1, 0.15) is 170 Å². The first kappa shape index (κ1) is 120. The SMILES string of the molecule is CC(=O)COc1ccc(S)cc1C.CCC1(COS(C)(=O)=O)CC1.CCC1(COc2ccc(C(F)(F)F)cc2)CC1.CCCOc1ccc(SCC2(COc3ccc(C(F)(F)F)cc3)CC2)cc1C.COC(=O)C1(C)CC1.COc1ccc(SCC2(COc3ccc(C(F)(F)F)cc3)CC2)cc1C.ClCCl.O=C=O.O=C=O.O=C=O.OCC1(CO)CC1.Oc1ccc(C(F)(F)F)cc1. The Morgan fingerprint density at radius 1 is 0.459 bits per heavy atom. The molecule has 39 heteroatoms. The number of esters is 1.